The van der Waals surface area contributed by atoms with Gasteiger partial charge in [0.2, 0.25) is 10.0 Å². The minimum Gasteiger partial charge on any atom is -0.397 e. The van der Waals surface area contributed by atoms with E-state index >= 15 is 0 Å². The zero-order chi connectivity index (χ0) is 13.8. The lowest BCUT2D eigenvalue weighted by Crippen LogP contribution is -2.15. The molecule has 6 nitrogen and oxygen atoms in total. The Balaban J connectivity index is 2.79. The molecule has 0 saturated carbocycles. The zero-order valence-electron chi connectivity index (χ0n) is 10.0. The van der Waals surface area contributed by atoms with Crippen molar-refractivity contribution in [1.29, 1.82) is 0 Å². The van der Waals surface area contributed by atoms with Gasteiger partial charge in [-0.3, -0.25) is 4.21 Å². The first kappa shape index (κ1) is 14.9. The van der Waals surface area contributed by atoms with Crippen LogP contribution in [0.2, 0.25) is 0 Å². The Hall–Kier alpha value is -1.12. The maximum Gasteiger partial charge on any atom is 0.238 e. The fourth-order valence-corrected chi connectivity index (χ4v) is 2.47. The Labute approximate surface area is 109 Å². The average Bonchev–Trinajstić information content (AvgIpc) is 2.29. The van der Waals surface area contributed by atoms with E-state index in [4.69, 9.17) is 10.9 Å². The Morgan fingerprint density at radius 3 is 2.61 bits per heavy atom. The highest BCUT2D eigenvalue weighted by Crippen LogP contribution is 2.21. The van der Waals surface area contributed by atoms with Crippen LogP contribution in [-0.2, 0) is 20.8 Å². The highest BCUT2D eigenvalue weighted by atomic mass is 32.2. The highest BCUT2D eigenvalue weighted by Gasteiger charge is 2.10. The third kappa shape index (κ3) is 4.28. The van der Waals surface area contributed by atoms with Crippen LogP contribution in [0.5, 0.6) is 0 Å². The zero-order valence-corrected chi connectivity index (χ0v) is 11.7. The molecule has 0 heterocycles. The molecule has 1 aromatic rings. The minimum absolute atomic E-state index is 0.00388. The van der Waals surface area contributed by atoms with Gasteiger partial charge in [-0.2, -0.15) is 0 Å². The molecule has 5 N–H and O–H groups in total. The summed E-state index contributed by atoms with van der Waals surface area (Å²) in [4.78, 5) is -0.00388. The molecular weight excluding hydrogens is 274 g/mol. The lowest BCUT2D eigenvalue weighted by molar-refractivity contribution is 0.598. The first-order valence-electron chi connectivity index (χ1n) is 5.35. The summed E-state index contributed by atoms with van der Waals surface area (Å²) in [5.74, 6) is 1.07. The number of hydrogen-bond donors (Lipinski definition) is 3. The molecule has 0 aliphatic rings. The molecule has 1 unspecified atom stereocenters. The summed E-state index contributed by atoms with van der Waals surface area (Å²) >= 11 is 0. The standard InChI is InChI=1S/C10H17N3O3S2/c1-2-17(14)6-5-13-10-7-8(18(12,15)16)3-4-9(10)11/h3-4,7,13H,2,5-6,11H2,1H3,(H2,12,15,16). The molecule has 1 rings (SSSR count). The van der Waals surface area contributed by atoms with Gasteiger partial charge in [-0.15, -0.1) is 0 Å². The topological polar surface area (TPSA) is 115 Å². The van der Waals surface area contributed by atoms with E-state index in [1.165, 1.54) is 18.2 Å². The summed E-state index contributed by atoms with van der Waals surface area (Å²) in [7, 11) is -4.62. The molecule has 1 aromatic carbocycles. The van der Waals surface area contributed by atoms with Gasteiger partial charge in [-0.1, -0.05) is 6.92 Å². The Morgan fingerprint density at radius 1 is 1.39 bits per heavy atom. The maximum absolute atomic E-state index is 11.2. The fourth-order valence-electron chi connectivity index (χ4n) is 1.31. The van der Waals surface area contributed by atoms with Gasteiger partial charge in [0.1, 0.15) is 0 Å². The van der Waals surface area contributed by atoms with Crippen molar-refractivity contribution in [3.05, 3.63) is 18.2 Å². The fraction of sp³-hybridized carbons (Fsp3) is 0.400. The Kier molecular flexibility index (Phi) is 5.12. The number of benzene rings is 1. The van der Waals surface area contributed by atoms with E-state index in [2.05, 4.69) is 5.32 Å². The van der Waals surface area contributed by atoms with Gasteiger partial charge in [0.15, 0.2) is 0 Å². The van der Waals surface area contributed by atoms with Crippen LogP contribution in [0.15, 0.2) is 23.1 Å². The van der Waals surface area contributed by atoms with E-state index in [1.807, 2.05) is 6.92 Å². The highest BCUT2D eigenvalue weighted by molar-refractivity contribution is 7.89. The first-order chi connectivity index (χ1) is 8.34. The predicted octanol–water partition coefficient (Wildman–Crippen LogP) is 0.0967. The average molecular weight is 291 g/mol. The molecule has 0 spiro atoms. The van der Waals surface area contributed by atoms with E-state index in [0.29, 0.717) is 29.4 Å². The summed E-state index contributed by atoms with van der Waals surface area (Å²) in [6.07, 6.45) is 0. The van der Waals surface area contributed by atoms with Crippen molar-refractivity contribution in [1.82, 2.24) is 0 Å². The molecular formula is C10H17N3O3S2. The largest absolute Gasteiger partial charge is 0.397 e. The second-order valence-corrected chi connectivity index (χ2v) is 7.08. The van der Waals surface area contributed by atoms with Crippen LogP contribution >= 0.6 is 0 Å². The number of sulfonamides is 1. The van der Waals surface area contributed by atoms with Crippen LogP contribution in [-0.4, -0.2) is 30.7 Å². The lowest BCUT2D eigenvalue weighted by Gasteiger charge is -2.10. The summed E-state index contributed by atoms with van der Waals surface area (Å²) in [6, 6.07) is 4.19. The number of hydrogen-bond acceptors (Lipinski definition) is 5. The van der Waals surface area contributed by atoms with Crippen LogP contribution < -0.4 is 16.2 Å². The number of nitrogens with two attached hydrogens (primary N) is 2. The summed E-state index contributed by atoms with van der Waals surface area (Å²) in [5.41, 5.74) is 6.61. The third-order valence-electron chi connectivity index (χ3n) is 2.32. The van der Waals surface area contributed by atoms with E-state index < -0.39 is 20.8 Å². The molecule has 0 bridgehead atoms. The number of anilines is 2. The molecule has 0 saturated heterocycles. The van der Waals surface area contributed by atoms with Crippen LogP contribution in [0.4, 0.5) is 11.4 Å². The van der Waals surface area contributed by atoms with E-state index in [9.17, 15) is 12.6 Å². The molecule has 1 atom stereocenters. The lowest BCUT2D eigenvalue weighted by atomic mass is 10.2. The number of nitrogen functional groups attached to an aromatic ring is 1. The van der Waals surface area contributed by atoms with E-state index in [-0.39, 0.29) is 4.90 Å². The van der Waals surface area contributed by atoms with Gasteiger partial charge < -0.3 is 11.1 Å². The van der Waals surface area contributed by atoms with Crippen molar-refractivity contribution >= 4 is 32.2 Å². The van der Waals surface area contributed by atoms with Gasteiger partial charge in [0.05, 0.1) is 16.3 Å². The normalized spacial score (nSPS) is 13.2. The first-order valence-corrected chi connectivity index (χ1v) is 8.39. The molecule has 0 aliphatic heterocycles. The maximum atomic E-state index is 11.2. The van der Waals surface area contributed by atoms with Crippen molar-refractivity contribution in [2.75, 3.05) is 29.1 Å². The number of primary sulfonamides is 1. The van der Waals surface area contributed by atoms with Crippen LogP contribution in [0.3, 0.4) is 0 Å². The molecule has 18 heavy (non-hydrogen) atoms. The molecule has 0 radical (unpaired) electrons. The Bertz CT molecular complexity index is 543. The van der Waals surface area contributed by atoms with Crippen LogP contribution in [0, 0.1) is 0 Å². The smallest absolute Gasteiger partial charge is 0.238 e. The number of rotatable bonds is 6. The van der Waals surface area contributed by atoms with Gasteiger partial charge in [-0.05, 0) is 18.2 Å². The summed E-state index contributed by atoms with van der Waals surface area (Å²) < 4.78 is 33.6. The summed E-state index contributed by atoms with van der Waals surface area (Å²) in [6.45, 7) is 2.30. The van der Waals surface area contributed by atoms with Crippen molar-refractivity contribution in [2.24, 2.45) is 5.14 Å². The molecule has 0 fully saturated rings. The minimum atomic E-state index is -3.74. The third-order valence-corrected chi connectivity index (χ3v) is 4.53. The van der Waals surface area contributed by atoms with Gasteiger partial charge >= 0.3 is 0 Å². The van der Waals surface area contributed by atoms with Crippen LogP contribution in [0.25, 0.3) is 0 Å². The van der Waals surface area contributed by atoms with E-state index in [1.54, 1.807) is 0 Å². The van der Waals surface area contributed by atoms with Gasteiger partial charge in [0, 0.05) is 28.9 Å². The SMILES string of the molecule is CCS(=O)CCNc1cc(S(N)(=O)=O)ccc1N. The van der Waals surface area contributed by atoms with Crippen molar-refractivity contribution in [3.8, 4) is 0 Å². The molecule has 0 aliphatic carbocycles. The quantitative estimate of drug-likeness (QED) is 0.643. The van der Waals surface area contributed by atoms with Gasteiger partial charge in [0.25, 0.3) is 0 Å². The molecule has 102 valence electrons. The molecule has 0 amide bonds. The second-order valence-electron chi connectivity index (χ2n) is 3.65. The van der Waals surface area contributed by atoms with Crippen molar-refractivity contribution in [2.45, 2.75) is 11.8 Å². The summed E-state index contributed by atoms with van der Waals surface area (Å²) in [5, 5.41) is 7.98. The Morgan fingerprint density at radius 2 is 2.06 bits per heavy atom. The van der Waals surface area contributed by atoms with Gasteiger partial charge in [-0.25, -0.2) is 13.6 Å². The van der Waals surface area contributed by atoms with Crippen molar-refractivity contribution in [3.63, 3.8) is 0 Å². The monoisotopic (exact) mass is 291 g/mol. The van der Waals surface area contributed by atoms with E-state index in [0.717, 1.165) is 0 Å². The predicted molar refractivity (Wildman–Crippen MR) is 74.3 cm³/mol. The second kappa shape index (κ2) is 6.17. The van der Waals surface area contributed by atoms with Crippen molar-refractivity contribution < 1.29 is 12.6 Å². The van der Waals surface area contributed by atoms with Crippen LogP contribution in [0.1, 0.15) is 6.92 Å². The number of nitrogens with one attached hydrogen (secondary N) is 1. The molecule has 8 heteroatoms. The molecule has 0 aromatic heterocycles.